The molecule has 0 spiro atoms. The normalized spacial score (nSPS) is 12.0. The van der Waals surface area contributed by atoms with E-state index in [4.69, 9.17) is 11.6 Å². The van der Waals surface area contributed by atoms with E-state index in [2.05, 4.69) is 20.5 Å². The van der Waals surface area contributed by atoms with Crippen LogP contribution in [-0.2, 0) is 11.8 Å². The highest BCUT2D eigenvalue weighted by Gasteiger charge is 2.15. The molecule has 0 fully saturated rings. The van der Waals surface area contributed by atoms with Crippen molar-refractivity contribution in [2.45, 2.75) is 18.1 Å². The van der Waals surface area contributed by atoms with Crippen LogP contribution in [0.3, 0.4) is 0 Å². The van der Waals surface area contributed by atoms with Crippen LogP contribution in [0.25, 0.3) is 11.4 Å². The van der Waals surface area contributed by atoms with Gasteiger partial charge in [0.25, 0.3) is 0 Å². The van der Waals surface area contributed by atoms with Gasteiger partial charge in [-0.25, -0.2) is 0 Å². The van der Waals surface area contributed by atoms with Gasteiger partial charge in [0.2, 0.25) is 5.91 Å². The maximum Gasteiger partial charge on any atom is 0.230 e. The molecule has 26 heavy (non-hydrogen) atoms. The van der Waals surface area contributed by atoms with Gasteiger partial charge in [0, 0.05) is 30.0 Å². The van der Waals surface area contributed by atoms with Gasteiger partial charge in [-0.3, -0.25) is 9.78 Å². The third-order valence-corrected chi connectivity index (χ3v) is 5.22. The van der Waals surface area contributed by atoms with Crippen molar-refractivity contribution in [1.29, 1.82) is 0 Å². The van der Waals surface area contributed by atoms with Gasteiger partial charge < -0.3 is 9.88 Å². The molecule has 3 aromatic rings. The van der Waals surface area contributed by atoms with E-state index < -0.39 is 0 Å². The summed E-state index contributed by atoms with van der Waals surface area (Å²) in [6, 6.07) is 11.1. The first kappa shape index (κ1) is 18.4. The Hall–Kier alpha value is -2.38. The van der Waals surface area contributed by atoms with Crippen LogP contribution in [0.2, 0.25) is 5.02 Å². The average molecular weight is 388 g/mol. The number of pyridine rings is 1. The number of nitrogens with one attached hydrogen (secondary N) is 1. The Balaban J connectivity index is 1.60. The molecule has 0 saturated heterocycles. The maximum absolute atomic E-state index is 12.3. The lowest BCUT2D eigenvalue weighted by atomic mass is 10.1. The third-order valence-electron chi connectivity index (χ3n) is 3.86. The number of thioether (sulfide) groups is 1. The zero-order valence-electron chi connectivity index (χ0n) is 14.4. The molecule has 0 bridgehead atoms. The molecule has 0 radical (unpaired) electrons. The molecule has 0 aliphatic heterocycles. The number of halogens is 1. The van der Waals surface area contributed by atoms with Crippen molar-refractivity contribution in [1.82, 2.24) is 25.1 Å². The molecule has 1 atom stereocenters. The molecule has 3 rings (SSSR count). The Morgan fingerprint density at radius 3 is 2.69 bits per heavy atom. The molecule has 0 aliphatic rings. The van der Waals surface area contributed by atoms with Gasteiger partial charge in [-0.1, -0.05) is 41.6 Å². The van der Waals surface area contributed by atoms with E-state index in [1.54, 1.807) is 12.4 Å². The smallest absolute Gasteiger partial charge is 0.230 e. The van der Waals surface area contributed by atoms with Gasteiger partial charge in [0.05, 0.1) is 11.8 Å². The number of hydrogen-bond donors (Lipinski definition) is 1. The van der Waals surface area contributed by atoms with E-state index in [0.29, 0.717) is 10.2 Å². The molecule has 2 aromatic heterocycles. The molecule has 2 heterocycles. The predicted octanol–water partition coefficient (Wildman–Crippen LogP) is 3.50. The van der Waals surface area contributed by atoms with E-state index >= 15 is 0 Å². The fourth-order valence-corrected chi connectivity index (χ4v) is 3.53. The van der Waals surface area contributed by atoms with E-state index in [9.17, 15) is 4.79 Å². The monoisotopic (exact) mass is 387 g/mol. The number of rotatable bonds is 6. The lowest BCUT2D eigenvalue weighted by Gasteiger charge is -2.15. The lowest BCUT2D eigenvalue weighted by molar-refractivity contribution is -0.119. The molecule has 6 nitrogen and oxygen atoms in total. The second-order valence-electron chi connectivity index (χ2n) is 5.70. The minimum Gasteiger partial charge on any atom is -0.349 e. The van der Waals surface area contributed by atoms with E-state index in [1.807, 2.05) is 54.9 Å². The van der Waals surface area contributed by atoms with Crippen LogP contribution in [0.5, 0.6) is 0 Å². The van der Waals surface area contributed by atoms with Gasteiger partial charge >= 0.3 is 0 Å². The predicted molar refractivity (Wildman–Crippen MR) is 103 cm³/mol. The third kappa shape index (κ3) is 4.23. The van der Waals surface area contributed by atoms with Gasteiger partial charge in [-0.05, 0) is 30.7 Å². The molecule has 1 N–H and O–H groups in total. The number of carbonyl (C=O) groups is 1. The number of nitrogens with zero attached hydrogens (tertiary/aromatic N) is 4. The molecule has 1 amide bonds. The Kier molecular flexibility index (Phi) is 5.90. The SMILES string of the molecule is C[C@@H](NC(=O)CSc1nnc(-c2ccncc2)n1C)c1ccccc1Cl. The molecule has 0 saturated carbocycles. The summed E-state index contributed by atoms with van der Waals surface area (Å²) < 4.78 is 1.87. The van der Waals surface area contributed by atoms with Crippen molar-refractivity contribution in [3.8, 4) is 11.4 Å². The van der Waals surface area contributed by atoms with Gasteiger partial charge in [0.1, 0.15) is 0 Å². The van der Waals surface area contributed by atoms with Crippen molar-refractivity contribution >= 4 is 29.3 Å². The summed E-state index contributed by atoms with van der Waals surface area (Å²) in [7, 11) is 1.88. The summed E-state index contributed by atoms with van der Waals surface area (Å²) in [5, 5.41) is 12.6. The van der Waals surface area contributed by atoms with E-state index in [-0.39, 0.29) is 17.7 Å². The van der Waals surface area contributed by atoms with Gasteiger partial charge in [-0.2, -0.15) is 0 Å². The van der Waals surface area contributed by atoms with E-state index in [1.165, 1.54) is 11.8 Å². The fourth-order valence-electron chi connectivity index (χ4n) is 2.51. The Labute approximate surface area is 161 Å². The largest absolute Gasteiger partial charge is 0.349 e. The van der Waals surface area contributed by atoms with E-state index in [0.717, 1.165) is 17.0 Å². The quantitative estimate of drug-likeness (QED) is 0.655. The highest BCUT2D eigenvalue weighted by molar-refractivity contribution is 7.99. The van der Waals surface area contributed by atoms with Crippen LogP contribution in [0.1, 0.15) is 18.5 Å². The van der Waals surface area contributed by atoms with Crippen LogP contribution in [0.15, 0.2) is 53.9 Å². The number of benzene rings is 1. The Morgan fingerprint density at radius 1 is 1.23 bits per heavy atom. The van der Waals surface area contributed by atoms with Crippen LogP contribution in [0, 0.1) is 0 Å². The minimum absolute atomic E-state index is 0.0871. The average Bonchev–Trinajstić information content (AvgIpc) is 3.01. The standard InChI is InChI=1S/C18H18ClN5OS/c1-12(14-5-3-4-6-15(14)19)21-16(25)11-26-18-23-22-17(24(18)2)13-7-9-20-10-8-13/h3-10,12H,11H2,1-2H3,(H,21,25)/t12-/m1/s1. The van der Waals surface area contributed by atoms with Crippen molar-refractivity contribution in [2.24, 2.45) is 7.05 Å². The minimum atomic E-state index is -0.163. The first-order chi connectivity index (χ1) is 12.6. The summed E-state index contributed by atoms with van der Waals surface area (Å²) in [5.74, 6) is 0.896. The number of carbonyl (C=O) groups excluding carboxylic acids is 1. The maximum atomic E-state index is 12.3. The summed E-state index contributed by atoms with van der Waals surface area (Å²) in [4.78, 5) is 16.3. The topological polar surface area (TPSA) is 72.7 Å². The van der Waals surface area contributed by atoms with Crippen molar-refractivity contribution in [3.63, 3.8) is 0 Å². The summed E-state index contributed by atoms with van der Waals surface area (Å²) in [6.45, 7) is 1.91. The first-order valence-corrected chi connectivity index (χ1v) is 9.39. The second kappa shape index (κ2) is 8.33. The number of aromatic nitrogens is 4. The summed E-state index contributed by atoms with van der Waals surface area (Å²) >= 11 is 7.52. The van der Waals surface area contributed by atoms with Crippen molar-refractivity contribution in [2.75, 3.05) is 5.75 Å². The molecule has 1 aromatic carbocycles. The Bertz CT molecular complexity index is 900. The number of hydrogen-bond acceptors (Lipinski definition) is 5. The first-order valence-electron chi connectivity index (χ1n) is 8.02. The fraction of sp³-hybridized carbons (Fsp3) is 0.222. The van der Waals surface area contributed by atoms with Crippen LogP contribution in [-0.4, -0.2) is 31.4 Å². The Morgan fingerprint density at radius 2 is 1.96 bits per heavy atom. The molecule has 0 aliphatic carbocycles. The van der Waals surface area contributed by atoms with Crippen molar-refractivity contribution < 1.29 is 4.79 Å². The van der Waals surface area contributed by atoms with Crippen LogP contribution < -0.4 is 5.32 Å². The highest BCUT2D eigenvalue weighted by Crippen LogP contribution is 2.24. The van der Waals surface area contributed by atoms with Crippen molar-refractivity contribution in [3.05, 3.63) is 59.4 Å². The highest BCUT2D eigenvalue weighted by atomic mass is 35.5. The van der Waals surface area contributed by atoms with Crippen LogP contribution >= 0.6 is 23.4 Å². The molecule has 134 valence electrons. The van der Waals surface area contributed by atoms with Gasteiger partial charge in [-0.15, -0.1) is 10.2 Å². The van der Waals surface area contributed by atoms with Crippen LogP contribution in [0.4, 0.5) is 0 Å². The molecule has 0 unspecified atom stereocenters. The number of amides is 1. The zero-order valence-corrected chi connectivity index (χ0v) is 16.0. The second-order valence-corrected chi connectivity index (χ2v) is 7.05. The lowest BCUT2D eigenvalue weighted by Crippen LogP contribution is -2.28. The summed E-state index contributed by atoms with van der Waals surface area (Å²) in [5.41, 5.74) is 1.82. The summed E-state index contributed by atoms with van der Waals surface area (Å²) in [6.07, 6.45) is 3.42. The molecule has 8 heteroatoms. The molecular weight excluding hydrogens is 370 g/mol. The molecular formula is C18H18ClN5OS. The van der Waals surface area contributed by atoms with Gasteiger partial charge in [0.15, 0.2) is 11.0 Å². The zero-order chi connectivity index (χ0) is 18.5.